The largest absolute Gasteiger partial charge is 0.497 e. The molecule has 0 aliphatic heterocycles. The number of amides is 2. The summed E-state index contributed by atoms with van der Waals surface area (Å²) in [5, 5.41) is 14.2. The van der Waals surface area contributed by atoms with E-state index >= 15 is 0 Å². The van der Waals surface area contributed by atoms with Crippen molar-refractivity contribution in [2.75, 3.05) is 13.7 Å². The number of carbonyl (C=O) groups is 2. The normalized spacial score (nSPS) is 11.8. The Morgan fingerprint density at radius 3 is 2.36 bits per heavy atom. The Kier molecular flexibility index (Phi) is 7.22. The Balaban J connectivity index is 2.36. The lowest BCUT2D eigenvalue weighted by Gasteiger charge is -2.16. The van der Waals surface area contributed by atoms with E-state index in [1.54, 1.807) is 7.11 Å². The Morgan fingerprint density at radius 1 is 1.23 bits per heavy atom. The average molecular weight is 308 g/mol. The van der Waals surface area contributed by atoms with Gasteiger partial charge in [-0.3, -0.25) is 0 Å². The molecule has 0 aliphatic carbocycles. The number of urea groups is 1. The smallest absolute Gasteiger partial charge is 0.326 e. The van der Waals surface area contributed by atoms with Crippen LogP contribution in [0.5, 0.6) is 5.75 Å². The Hall–Kier alpha value is -2.24. The van der Waals surface area contributed by atoms with Gasteiger partial charge in [0.15, 0.2) is 0 Å². The molecule has 122 valence electrons. The van der Waals surface area contributed by atoms with E-state index in [2.05, 4.69) is 10.6 Å². The fraction of sp³-hybridized carbons (Fsp3) is 0.500. The van der Waals surface area contributed by atoms with Crippen LogP contribution in [0.3, 0.4) is 0 Å². The summed E-state index contributed by atoms with van der Waals surface area (Å²) in [4.78, 5) is 22.8. The van der Waals surface area contributed by atoms with Crippen LogP contribution in [0.25, 0.3) is 0 Å². The highest BCUT2D eigenvalue weighted by Crippen LogP contribution is 2.11. The second kappa shape index (κ2) is 8.92. The molecule has 1 rings (SSSR count). The van der Waals surface area contributed by atoms with Gasteiger partial charge in [0.2, 0.25) is 0 Å². The SMILES string of the molecule is COc1ccc(CCNC(=O)NC(CC(C)C)C(=O)O)cc1. The first-order valence-corrected chi connectivity index (χ1v) is 7.32. The second-order valence-corrected chi connectivity index (χ2v) is 5.52. The van der Waals surface area contributed by atoms with Crippen LogP contribution in [0.15, 0.2) is 24.3 Å². The number of ether oxygens (including phenoxy) is 1. The van der Waals surface area contributed by atoms with Crippen molar-refractivity contribution in [2.45, 2.75) is 32.7 Å². The second-order valence-electron chi connectivity index (χ2n) is 5.52. The molecule has 3 N–H and O–H groups in total. The summed E-state index contributed by atoms with van der Waals surface area (Å²) in [7, 11) is 1.61. The molecule has 22 heavy (non-hydrogen) atoms. The highest BCUT2D eigenvalue weighted by Gasteiger charge is 2.20. The molecule has 0 aliphatic rings. The maximum Gasteiger partial charge on any atom is 0.326 e. The number of methoxy groups -OCH3 is 1. The van der Waals surface area contributed by atoms with Gasteiger partial charge in [-0.15, -0.1) is 0 Å². The molecule has 0 aromatic heterocycles. The van der Waals surface area contributed by atoms with Crippen LogP contribution in [-0.4, -0.2) is 36.8 Å². The molecular formula is C16H24N2O4. The first-order valence-electron chi connectivity index (χ1n) is 7.32. The zero-order valence-electron chi connectivity index (χ0n) is 13.3. The van der Waals surface area contributed by atoms with E-state index in [9.17, 15) is 9.59 Å². The minimum atomic E-state index is -1.01. The van der Waals surface area contributed by atoms with Gasteiger partial charge >= 0.3 is 12.0 Å². The Morgan fingerprint density at radius 2 is 1.86 bits per heavy atom. The Labute approximate surface area is 130 Å². The highest BCUT2D eigenvalue weighted by atomic mass is 16.5. The highest BCUT2D eigenvalue weighted by molar-refractivity contribution is 5.82. The summed E-state index contributed by atoms with van der Waals surface area (Å²) in [6.07, 6.45) is 1.07. The third-order valence-electron chi connectivity index (χ3n) is 3.17. The minimum absolute atomic E-state index is 0.195. The van der Waals surface area contributed by atoms with Crippen LogP contribution in [0.4, 0.5) is 4.79 Å². The topological polar surface area (TPSA) is 87.7 Å². The average Bonchev–Trinajstić information content (AvgIpc) is 2.46. The van der Waals surface area contributed by atoms with E-state index in [1.807, 2.05) is 38.1 Å². The third-order valence-corrected chi connectivity index (χ3v) is 3.17. The summed E-state index contributed by atoms with van der Waals surface area (Å²) >= 11 is 0. The molecule has 0 bridgehead atoms. The molecule has 0 spiro atoms. The van der Waals surface area contributed by atoms with E-state index in [1.165, 1.54) is 0 Å². The maximum atomic E-state index is 11.7. The summed E-state index contributed by atoms with van der Waals surface area (Å²) in [5.74, 6) is -0.0351. The van der Waals surface area contributed by atoms with Crippen molar-refractivity contribution in [2.24, 2.45) is 5.92 Å². The standard InChI is InChI=1S/C16H24N2O4/c1-11(2)10-14(15(19)20)18-16(21)17-9-8-12-4-6-13(22-3)7-5-12/h4-7,11,14H,8-10H2,1-3H3,(H,19,20)(H2,17,18,21). The Bertz CT molecular complexity index is 485. The summed E-state index contributed by atoms with van der Waals surface area (Å²) < 4.78 is 5.07. The van der Waals surface area contributed by atoms with Crippen LogP contribution >= 0.6 is 0 Å². The molecule has 1 unspecified atom stereocenters. The lowest BCUT2D eigenvalue weighted by Crippen LogP contribution is -2.47. The monoisotopic (exact) mass is 308 g/mol. The van der Waals surface area contributed by atoms with Crippen LogP contribution in [0.2, 0.25) is 0 Å². The third kappa shape index (κ3) is 6.47. The molecule has 0 radical (unpaired) electrons. The molecule has 1 atom stereocenters. The van der Waals surface area contributed by atoms with Gasteiger partial charge in [0, 0.05) is 6.54 Å². The summed E-state index contributed by atoms with van der Waals surface area (Å²) in [6, 6.07) is 6.26. The van der Waals surface area contributed by atoms with E-state index in [0.29, 0.717) is 19.4 Å². The predicted molar refractivity (Wildman–Crippen MR) is 84.1 cm³/mol. The number of nitrogens with one attached hydrogen (secondary N) is 2. The lowest BCUT2D eigenvalue weighted by atomic mass is 10.0. The molecule has 0 heterocycles. The zero-order chi connectivity index (χ0) is 16.5. The summed E-state index contributed by atoms with van der Waals surface area (Å²) in [6.45, 7) is 4.27. The number of carboxylic acid groups (broad SMARTS) is 1. The van der Waals surface area contributed by atoms with Crippen molar-refractivity contribution < 1.29 is 19.4 Å². The van der Waals surface area contributed by atoms with E-state index in [0.717, 1.165) is 11.3 Å². The van der Waals surface area contributed by atoms with Crippen LogP contribution in [0.1, 0.15) is 25.8 Å². The zero-order valence-corrected chi connectivity index (χ0v) is 13.3. The quantitative estimate of drug-likeness (QED) is 0.686. The number of aliphatic carboxylic acids is 1. The van der Waals surface area contributed by atoms with E-state index < -0.39 is 18.0 Å². The fourth-order valence-electron chi connectivity index (χ4n) is 2.01. The molecule has 1 aromatic carbocycles. The van der Waals surface area contributed by atoms with Crippen LogP contribution in [0, 0.1) is 5.92 Å². The van der Waals surface area contributed by atoms with Crippen molar-refractivity contribution in [3.05, 3.63) is 29.8 Å². The van der Waals surface area contributed by atoms with Gasteiger partial charge in [-0.1, -0.05) is 26.0 Å². The lowest BCUT2D eigenvalue weighted by molar-refractivity contribution is -0.139. The number of hydrogen-bond acceptors (Lipinski definition) is 3. The number of carboxylic acids is 1. The number of carbonyl (C=O) groups excluding carboxylic acids is 1. The molecule has 0 fully saturated rings. The van der Waals surface area contributed by atoms with Gasteiger partial charge in [0.25, 0.3) is 0 Å². The van der Waals surface area contributed by atoms with Crippen molar-refractivity contribution >= 4 is 12.0 Å². The maximum absolute atomic E-state index is 11.7. The van der Waals surface area contributed by atoms with Crippen molar-refractivity contribution in [3.63, 3.8) is 0 Å². The van der Waals surface area contributed by atoms with Crippen molar-refractivity contribution in [3.8, 4) is 5.75 Å². The molecule has 2 amide bonds. The number of benzene rings is 1. The number of hydrogen-bond donors (Lipinski definition) is 3. The van der Waals surface area contributed by atoms with Crippen LogP contribution < -0.4 is 15.4 Å². The first-order chi connectivity index (χ1) is 10.4. The summed E-state index contributed by atoms with van der Waals surface area (Å²) in [5.41, 5.74) is 1.07. The van der Waals surface area contributed by atoms with Gasteiger partial charge in [-0.05, 0) is 36.5 Å². The van der Waals surface area contributed by atoms with E-state index in [-0.39, 0.29) is 5.92 Å². The van der Waals surface area contributed by atoms with Gasteiger partial charge in [0.1, 0.15) is 11.8 Å². The van der Waals surface area contributed by atoms with Crippen molar-refractivity contribution in [1.82, 2.24) is 10.6 Å². The van der Waals surface area contributed by atoms with Gasteiger partial charge in [-0.2, -0.15) is 0 Å². The van der Waals surface area contributed by atoms with Gasteiger partial charge < -0.3 is 20.5 Å². The molecular weight excluding hydrogens is 284 g/mol. The fourth-order valence-corrected chi connectivity index (χ4v) is 2.01. The minimum Gasteiger partial charge on any atom is -0.497 e. The first kappa shape index (κ1) is 17.8. The van der Waals surface area contributed by atoms with E-state index in [4.69, 9.17) is 9.84 Å². The molecule has 6 nitrogen and oxygen atoms in total. The molecule has 0 saturated carbocycles. The number of rotatable bonds is 8. The molecule has 0 saturated heterocycles. The van der Waals surface area contributed by atoms with Crippen molar-refractivity contribution in [1.29, 1.82) is 0 Å². The van der Waals surface area contributed by atoms with Gasteiger partial charge in [0.05, 0.1) is 7.11 Å². The predicted octanol–water partition coefficient (Wildman–Crippen LogP) is 2.04. The molecule has 6 heteroatoms. The van der Waals surface area contributed by atoms with Gasteiger partial charge in [-0.25, -0.2) is 9.59 Å². The molecule has 1 aromatic rings. The van der Waals surface area contributed by atoms with Crippen LogP contribution in [-0.2, 0) is 11.2 Å².